The van der Waals surface area contributed by atoms with E-state index < -0.39 is 0 Å². The molecule has 1 amide bonds. The third kappa shape index (κ3) is 3.51. The molecule has 8 heteroatoms. The molecule has 0 radical (unpaired) electrons. The van der Waals surface area contributed by atoms with Crippen LogP contribution in [0.4, 0.5) is 5.69 Å². The highest BCUT2D eigenvalue weighted by molar-refractivity contribution is 8.18. The van der Waals surface area contributed by atoms with E-state index in [0.29, 0.717) is 31.4 Å². The molecule has 122 valence electrons. The summed E-state index contributed by atoms with van der Waals surface area (Å²) in [7, 11) is 0. The summed E-state index contributed by atoms with van der Waals surface area (Å²) in [6.07, 6.45) is 1.58. The Morgan fingerprint density at radius 1 is 1.12 bits per heavy atom. The molecule has 3 rings (SSSR count). The van der Waals surface area contributed by atoms with Gasteiger partial charge in [-0.25, -0.2) is 4.99 Å². The Bertz CT molecular complexity index is 897. The van der Waals surface area contributed by atoms with Gasteiger partial charge >= 0.3 is 0 Å². The molecule has 1 saturated heterocycles. The monoisotopic (exact) mass is 380 g/mol. The average molecular weight is 381 g/mol. The van der Waals surface area contributed by atoms with Crippen molar-refractivity contribution >= 4 is 57.8 Å². The summed E-state index contributed by atoms with van der Waals surface area (Å²) in [5, 5.41) is 22.5. The molecule has 0 spiro atoms. The Morgan fingerprint density at radius 2 is 1.92 bits per heavy atom. The third-order valence-electron chi connectivity index (χ3n) is 3.10. The summed E-state index contributed by atoms with van der Waals surface area (Å²) >= 11 is 13.2. The third-order valence-corrected chi connectivity index (χ3v) is 4.82. The fourth-order valence-corrected chi connectivity index (χ4v) is 3.12. The molecule has 1 aliphatic heterocycles. The lowest BCUT2D eigenvalue weighted by Gasteiger charge is -2.01. The van der Waals surface area contributed by atoms with Gasteiger partial charge in [0.2, 0.25) is 0 Å². The van der Waals surface area contributed by atoms with Crippen LogP contribution in [0.1, 0.15) is 5.56 Å². The molecular formula is C16H10Cl2N2O3S. The molecule has 1 heterocycles. The molecule has 0 aromatic heterocycles. The Kier molecular flexibility index (Phi) is 4.71. The number of carbonyl (C=O) groups excluding carboxylic acids is 1. The van der Waals surface area contributed by atoms with Crippen molar-refractivity contribution in [3.63, 3.8) is 0 Å². The van der Waals surface area contributed by atoms with Crippen molar-refractivity contribution in [3.05, 3.63) is 56.9 Å². The maximum Gasteiger partial charge on any atom is 0.264 e. The first-order valence-electron chi connectivity index (χ1n) is 6.69. The Hall–Kier alpha value is -2.15. The second-order valence-electron chi connectivity index (χ2n) is 4.80. The van der Waals surface area contributed by atoms with Crippen LogP contribution in [0.2, 0.25) is 10.0 Å². The van der Waals surface area contributed by atoms with E-state index in [9.17, 15) is 15.0 Å². The standard InChI is InChI=1S/C16H10Cl2N2O3S/c17-9-2-1-3-10(14(9)18)19-16-20-15(23)13(24-16)7-8-4-5-11(21)12(22)6-8/h1-7,21-22H,(H,19,20,23)/b13-7-. The van der Waals surface area contributed by atoms with Crippen molar-refractivity contribution in [2.45, 2.75) is 0 Å². The van der Waals surface area contributed by atoms with Crippen LogP contribution < -0.4 is 5.32 Å². The van der Waals surface area contributed by atoms with Gasteiger partial charge in [-0.1, -0.05) is 35.3 Å². The second kappa shape index (κ2) is 6.76. The van der Waals surface area contributed by atoms with Gasteiger partial charge in [-0.3, -0.25) is 4.79 Å². The van der Waals surface area contributed by atoms with Gasteiger partial charge in [0.05, 0.1) is 20.6 Å². The molecule has 2 aromatic rings. The highest BCUT2D eigenvalue weighted by Crippen LogP contribution is 2.35. The Labute approximate surface area is 151 Å². The summed E-state index contributed by atoms with van der Waals surface area (Å²) in [5.41, 5.74) is 1.03. The first-order chi connectivity index (χ1) is 11.4. The molecule has 2 aromatic carbocycles. The smallest absolute Gasteiger partial charge is 0.264 e. The van der Waals surface area contributed by atoms with Gasteiger partial charge in [0.15, 0.2) is 16.7 Å². The van der Waals surface area contributed by atoms with E-state index in [1.165, 1.54) is 12.1 Å². The van der Waals surface area contributed by atoms with Crippen molar-refractivity contribution in [2.24, 2.45) is 4.99 Å². The molecule has 3 N–H and O–H groups in total. The van der Waals surface area contributed by atoms with Gasteiger partial charge < -0.3 is 15.5 Å². The van der Waals surface area contributed by atoms with Crippen molar-refractivity contribution in [3.8, 4) is 11.5 Å². The van der Waals surface area contributed by atoms with Crippen LogP contribution in [-0.4, -0.2) is 21.3 Å². The lowest BCUT2D eigenvalue weighted by molar-refractivity contribution is -0.115. The molecule has 1 aliphatic rings. The number of rotatable bonds is 2. The summed E-state index contributed by atoms with van der Waals surface area (Å²) in [4.78, 5) is 16.7. The number of aliphatic imine (C=N–C) groups is 1. The zero-order valence-electron chi connectivity index (χ0n) is 12.0. The number of phenolic OH excluding ortho intramolecular Hbond substituents is 2. The molecule has 0 unspecified atom stereocenters. The number of nitrogens with zero attached hydrogens (tertiary/aromatic N) is 1. The Balaban J connectivity index is 1.88. The normalized spacial score (nSPS) is 17.5. The van der Waals surface area contributed by atoms with Crippen LogP contribution in [0.5, 0.6) is 11.5 Å². The van der Waals surface area contributed by atoms with Crippen LogP contribution in [0.3, 0.4) is 0 Å². The average Bonchev–Trinajstić information content (AvgIpc) is 2.87. The summed E-state index contributed by atoms with van der Waals surface area (Å²) in [5.74, 6) is -0.796. The van der Waals surface area contributed by atoms with Gasteiger partial charge in [-0.2, -0.15) is 0 Å². The number of amides is 1. The fraction of sp³-hybridized carbons (Fsp3) is 0. The molecular weight excluding hydrogens is 371 g/mol. The SMILES string of the molecule is O=C1NC(=Nc2cccc(Cl)c2Cl)S/C1=C\c1ccc(O)c(O)c1. The first kappa shape index (κ1) is 16.7. The number of aromatic hydroxyl groups is 2. The van der Waals surface area contributed by atoms with E-state index in [-0.39, 0.29) is 17.4 Å². The van der Waals surface area contributed by atoms with Crippen LogP contribution >= 0.6 is 35.0 Å². The minimum Gasteiger partial charge on any atom is -0.504 e. The zero-order valence-corrected chi connectivity index (χ0v) is 14.3. The van der Waals surface area contributed by atoms with Crippen LogP contribution in [-0.2, 0) is 4.79 Å². The molecule has 0 atom stereocenters. The quantitative estimate of drug-likeness (QED) is 0.535. The van der Waals surface area contributed by atoms with E-state index in [1.807, 2.05) is 0 Å². The van der Waals surface area contributed by atoms with E-state index >= 15 is 0 Å². The van der Waals surface area contributed by atoms with Gasteiger partial charge in [0.1, 0.15) is 0 Å². The predicted molar refractivity (Wildman–Crippen MR) is 97.0 cm³/mol. The van der Waals surface area contributed by atoms with E-state index in [2.05, 4.69) is 10.3 Å². The van der Waals surface area contributed by atoms with E-state index in [1.54, 1.807) is 30.3 Å². The summed E-state index contributed by atoms with van der Waals surface area (Å²) < 4.78 is 0. The van der Waals surface area contributed by atoms with Crippen molar-refractivity contribution in [1.29, 1.82) is 0 Å². The van der Waals surface area contributed by atoms with Crippen molar-refractivity contribution in [2.75, 3.05) is 0 Å². The van der Waals surface area contributed by atoms with Crippen LogP contribution in [0, 0.1) is 0 Å². The lowest BCUT2D eigenvalue weighted by Crippen LogP contribution is -2.19. The first-order valence-corrected chi connectivity index (χ1v) is 8.27. The van der Waals surface area contributed by atoms with E-state index in [0.717, 1.165) is 11.8 Å². The Morgan fingerprint density at radius 3 is 2.67 bits per heavy atom. The summed E-state index contributed by atoms with van der Waals surface area (Å²) in [6.45, 7) is 0. The number of thioether (sulfide) groups is 1. The van der Waals surface area contributed by atoms with Crippen molar-refractivity contribution in [1.82, 2.24) is 5.32 Å². The maximum atomic E-state index is 12.0. The fourth-order valence-electron chi connectivity index (χ4n) is 1.95. The van der Waals surface area contributed by atoms with Crippen molar-refractivity contribution < 1.29 is 15.0 Å². The maximum absolute atomic E-state index is 12.0. The van der Waals surface area contributed by atoms with Crippen LogP contribution in [0.15, 0.2) is 46.3 Å². The number of benzene rings is 2. The number of phenols is 2. The number of carbonyl (C=O) groups is 1. The number of nitrogens with one attached hydrogen (secondary N) is 1. The number of hydrogen-bond donors (Lipinski definition) is 3. The van der Waals surface area contributed by atoms with E-state index in [4.69, 9.17) is 23.2 Å². The summed E-state index contributed by atoms with van der Waals surface area (Å²) in [6, 6.07) is 9.34. The number of amidine groups is 1. The van der Waals surface area contributed by atoms with Gasteiger partial charge in [0, 0.05) is 0 Å². The topological polar surface area (TPSA) is 81.9 Å². The minimum atomic E-state index is -0.315. The molecule has 0 aliphatic carbocycles. The zero-order chi connectivity index (χ0) is 17.3. The minimum absolute atomic E-state index is 0.224. The van der Waals surface area contributed by atoms with Gasteiger partial charge in [0.25, 0.3) is 5.91 Å². The van der Waals surface area contributed by atoms with Gasteiger partial charge in [-0.05, 0) is 47.7 Å². The number of halogens is 2. The second-order valence-corrected chi connectivity index (χ2v) is 6.62. The van der Waals surface area contributed by atoms with Gasteiger partial charge in [-0.15, -0.1) is 0 Å². The number of hydrogen-bond acceptors (Lipinski definition) is 5. The highest BCUT2D eigenvalue weighted by Gasteiger charge is 2.24. The largest absolute Gasteiger partial charge is 0.504 e. The molecule has 24 heavy (non-hydrogen) atoms. The lowest BCUT2D eigenvalue weighted by atomic mass is 10.2. The highest BCUT2D eigenvalue weighted by atomic mass is 35.5. The molecule has 0 saturated carbocycles. The van der Waals surface area contributed by atoms with Crippen LogP contribution in [0.25, 0.3) is 6.08 Å². The molecule has 1 fully saturated rings. The molecule has 0 bridgehead atoms. The predicted octanol–water partition coefficient (Wildman–Crippen LogP) is 4.30. The molecule has 5 nitrogen and oxygen atoms in total.